The van der Waals surface area contributed by atoms with E-state index in [1.807, 2.05) is 83.7 Å². The lowest BCUT2D eigenvalue weighted by molar-refractivity contribution is 0.102. The SMILES string of the molecule is Cc1ccc(-c2cn3cccnc3n2)cc1NC(=O)c1ccc(-c2cccs2)cc1. The number of carbonyl (C=O) groups is 1. The number of anilines is 1. The van der Waals surface area contributed by atoms with Crippen molar-refractivity contribution in [2.75, 3.05) is 5.32 Å². The molecule has 0 aliphatic carbocycles. The number of imidazole rings is 1. The zero-order valence-corrected chi connectivity index (χ0v) is 17.1. The number of aromatic nitrogens is 3. The maximum Gasteiger partial charge on any atom is 0.255 e. The number of thiophene rings is 1. The van der Waals surface area contributed by atoms with Crippen LogP contribution >= 0.6 is 11.3 Å². The summed E-state index contributed by atoms with van der Waals surface area (Å²) in [7, 11) is 0. The van der Waals surface area contributed by atoms with Crippen molar-refractivity contribution in [2.45, 2.75) is 6.92 Å². The summed E-state index contributed by atoms with van der Waals surface area (Å²) in [6.07, 6.45) is 5.56. The van der Waals surface area contributed by atoms with Gasteiger partial charge in [-0.2, -0.15) is 0 Å². The van der Waals surface area contributed by atoms with Crippen LogP contribution in [-0.2, 0) is 0 Å². The van der Waals surface area contributed by atoms with Crippen molar-refractivity contribution in [3.05, 3.63) is 95.8 Å². The molecule has 3 heterocycles. The molecular formula is C24H18N4OS. The molecule has 1 amide bonds. The number of hydrogen-bond donors (Lipinski definition) is 1. The van der Waals surface area contributed by atoms with Crippen molar-refractivity contribution in [3.63, 3.8) is 0 Å². The Hall–Kier alpha value is -3.77. The summed E-state index contributed by atoms with van der Waals surface area (Å²) in [5, 5.41) is 5.08. The topological polar surface area (TPSA) is 59.3 Å². The molecule has 5 nitrogen and oxygen atoms in total. The largest absolute Gasteiger partial charge is 0.322 e. The van der Waals surface area contributed by atoms with E-state index in [2.05, 4.69) is 21.4 Å². The molecule has 3 aromatic heterocycles. The summed E-state index contributed by atoms with van der Waals surface area (Å²) < 4.78 is 1.88. The standard InChI is InChI=1S/C24H18N4OS/c1-16-5-6-19(21-15-28-12-3-11-25-24(28)27-21)14-20(16)26-23(29)18-9-7-17(8-10-18)22-4-2-13-30-22/h2-15H,1H3,(H,26,29). The van der Waals surface area contributed by atoms with Gasteiger partial charge >= 0.3 is 0 Å². The van der Waals surface area contributed by atoms with Gasteiger partial charge in [0.2, 0.25) is 5.78 Å². The molecule has 0 spiro atoms. The van der Waals surface area contributed by atoms with Crippen molar-refractivity contribution < 1.29 is 4.79 Å². The van der Waals surface area contributed by atoms with Crippen molar-refractivity contribution in [2.24, 2.45) is 0 Å². The molecular weight excluding hydrogens is 392 g/mol. The van der Waals surface area contributed by atoms with Gasteiger partial charge in [0.15, 0.2) is 0 Å². The first-order chi connectivity index (χ1) is 14.7. The highest BCUT2D eigenvalue weighted by Crippen LogP contribution is 2.27. The normalized spacial score (nSPS) is 11.0. The van der Waals surface area contributed by atoms with E-state index in [1.165, 1.54) is 4.88 Å². The lowest BCUT2D eigenvalue weighted by Gasteiger charge is -2.10. The third-order valence-electron chi connectivity index (χ3n) is 4.97. The molecule has 1 N–H and O–H groups in total. The molecule has 5 rings (SSSR count). The number of amides is 1. The maximum absolute atomic E-state index is 12.8. The van der Waals surface area contributed by atoms with Crippen molar-refractivity contribution in [3.8, 4) is 21.7 Å². The van der Waals surface area contributed by atoms with Crippen LogP contribution < -0.4 is 5.32 Å². The van der Waals surface area contributed by atoms with Gasteiger partial charge in [0.05, 0.1) is 5.69 Å². The van der Waals surface area contributed by atoms with E-state index in [9.17, 15) is 4.79 Å². The number of hydrogen-bond acceptors (Lipinski definition) is 4. The molecule has 0 aliphatic rings. The molecule has 0 saturated heterocycles. The van der Waals surface area contributed by atoms with Crippen molar-refractivity contribution in [1.29, 1.82) is 0 Å². The van der Waals surface area contributed by atoms with Crippen LogP contribution in [0.4, 0.5) is 5.69 Å². The van der Waals surface area contributed by atoms with E-state index in [0.717, 1.165) is 28.1 Å². The maximum atomic E-state index is 12.8. The van der Waals surface area contributed by atoms with Crippen LogP contribution in [0.15, 0.2) is 84.6 Å². The summed E-state index contributed by atoms with van der Waals surface area (Å²) in [5.41, 5.74) is 5.23. The predicted molar refractivity (Wildman–Crippen MR) is 121 cm³/mol. The zero-order chi connectivity index (χ0) is 20.5. The van der Waals surface area contributed by atoms with Gasteiger partial charge in [0.1, 0.15) is 0 Å². The Morgan fingerprint density at radius 1 is 1.03 bits per heavy atom. The highest BCUT2D eigenvalue weighted by molar-refractivity contribution is 7.13. The van der Waals surface area contributed by atoms with Crippen LogP contribution in [0, 0.1) is 6.92 Å². The smallest absolute Gasteiger partial charge is 0.255 e. The molecule has 0 radical (unpaired) electrons. The molecule has 0 saturated carbocycles. The second-order valence-corrected chi connectivity index (χ2v) is 7.94. The number of nitrogens with zero attached hydrogens (tertiary/aromatic N) is 3. The molecule has 146 valence electrons. The van der Waals surface area contributed by atoms with Gasteiger partial charge in [-0.1, -0.05) is 30.3 Å². The van der Waals surface area contributed by atoms with Gasteiger partial charge in [-0.05, 0) is 53.8 Å². The number of aryl methyl sites for hydroxylation is 1. The lowest BCUT2D eigenvalue weighted by Crippen LogP contribution is -2.12. The highest BCUT2D eigenvalue weighted by atomic mass is 32.1. The minimum absolute atomic E-state index is 0.135. The second kappa shape index (κ2) is 7.57. The average molecular weight is 411 g/mol. The number of carbonyl (C=O) groups excluding carboxylic acids is 1. The van der Waals surface area contributed by atoms with E-state index in [4.69, 9.17) is 0 Å². The van der Waals surface area contributed by atoms with E-state index in [-0.39, 0.29) is 5.91 Å². The summed E-state index contributed by atoms with van der Waals surface area (Å²) >= 11 is 1.68. The fourth-order valence-corrected chi connectivity index (χ4v) is 4.04. The van der Waals surface area contributed by atoms with Crippen molar-refractivity contribution in [1.82, 2.24) is 14.4 Å². The predicted octanol–water partition coefficient (Wildman–Crippen LogP) is 5.69. The van der Waals surface area contributed by atoms with Crippen LogP contribution in [0.25, 0.3) is 27.5 Å². The van der Waals surface area contributed by atoms with E-state index >= 15 is 0 Å². The molecule has 2 aromatic carbocycles. The Morgan fingerprint density at radius 2 is 1.87 bits per heavy atom. The van der Waals surface area contributed by atoms with E-state index in [0.29, 0.717) is 11.3 Å². The zero-order valence-electron chi connectivity index (χ0n) is 16.2. The fraction of sp³-hybridized carbons (Fsp3) is 0.0417. The molecule has 0 aliphatic heterocycles. The monoisotopic (exact) mass is 410 g/mol. The highest BCUT2D eigenvalue weighted by Gasteiger charge is 2.11. The Kier molecular flexibility index (Phi) is 4.61. The summed E-state index contributed by atoms with van der Waals surface area (Å²) in [6.45, 7) is 1.98. The van der Waals surface area contributed by atoms with Crippen LogP contribution in [-0.4, -0.2) is 20.3 Å². The van der Waals surface area contributed by atoms with E-state index < -0.39 is 0 Å². The molecule has 6 heteroatoms. The number of fused-ring (bicyclic) bond motifs is 1. The number of nitrogens with one attached hydrogen (secondary N) is 1. The molecule has 0 fully saturated rings. The summed E-state index contributed by atoms with van der Waals surface area (Å²) in [5.74, 6) is 0.508. The van der Waals surface area contributed by atoms with Crippen LogP contribution in [0.5, 0.6) is 0 Å². The molecule has 0 bridgehead atoms. The van der Waals surface area contributed by atoms with Gasteiger partial charge in [0.25, 0.3) is 5.91 Å². The Morgan fingerprint density at radius 3 is 2.63 bits per heavy atom. The van der Waals surface area contributed by atoms with Gasteiger partial charge in [-0.15, -0.1) is 11.3 Å². The third-order valence-corrected chi connectivity index (χ3v) is 5.89. The first-order valence-corrected chi connectivity index (χ1v) is 10.4. The van der Waals surface area contributed by atoms with Gasteiger partial charge < -0.3 is 5.32 Å². The Bertz CT molecular complexity index is 1300. The minimum atomic E-state index is -0.135. The van der Waals surface area contributed by atoms with Crippen LogP contribution in [0.3, 0.4) is 0 Å². The number of benzene rings is 2. The van der Waals surface area contributed by atoms with Gasteiger partial charge in [0, 0.05) is 40.3 Å². The first-order valence-electron chi connectivity index (χ1n) is 9.53. The molecule has 0 atom stereocenters. The Balaban J connectivity index is 1.40. The van der Waals surface area contributed by atoms with Gasteiger partial charge in [-0.25, -0.2) is 9.97 Å². The lowest BCUT2D eigenvalue weighted by atomic mass is 10.1. The van der Waals surface area contributed by atoms with Crippen molar-refractivity contribution >= 4 is 28.7 Å². The summed E-state index contributed by atoms with van der Waals surface area (Å²) in [6, 6.07) is 19.6. The second-order valence-electron chi connectivity index (χ2n) is 6.99. The fourth-order valence-electron chi connectivity index (χ4n) is 3.31. The van der Waals surface area contributed by atoms with Crippen LogP contribution in [0.2, 0.25) is 0 Å². The number of rotatable bonds is 4. The molecule has 5 aromatic rings. The summed E-state index contributed by atoms with van der Waals surface area (Å²) in [4.78, 5) is 22.8. The van der Waals surface area contributed by atoms with Gasteiger partial charge in [-0.3, -0.25) is 9.20 Å². The minimum Gasteiger partial charge on any atom is -0.322 e. The van der Waals surface area contributed by atoms with Crippen LogP contribution in [0.1, 0.15) is 15.9 Å². The first kappa shape index (κ1) is 18.3. The van der Waals surface area contributed by atoms with E-state index in [1.54, 1.807) is 17.5 Å². The Labute approximate surface area is 177 Å². The molecule has 30 heavy (non-hydrogen) atoms. The third kappa shape index (κ3) is 3.49. The molecule has 0 unspecified atom stereocenters. The average Bonchev–Trinajstić information content (AvgIpc) is 3.45. The quantitative estimate of drug-likeness (QED) is 0.414.